The summed E-state index contributed by atoms with van der Waals surface area (Å²) >= 11 is 0. The summed E-state index contributed by atoms with van der Waals surface area (Å²) in [6.45, 7) is 2.81. The maximum absolute atomic E-state index is 6.49. The van der Waals surface area contributed by atoms with Crippen LogP contribution in [0.1, 0.15) is 18.1 Å². The molecule has 40 heavy (non-hydrogen) atoms. The Bertz CT molecular complexity index is 1980. The van der Waals surface area contributed by atoms with Crippen LogP contribution in [0.5, 0.6) is 0 Å². The molecule has 1 aliphatic rings. The van der Waals surface area contributed by atoms with Crippen LogP contribution in [0.4, 0.5) is 11.4 Å². The van der Waals surface area contributed by atoms with Crippen LogP contribution in [-0.4, -0.2) is 16.5 Å². The van der Waals surface area contributed by atoms with Gasteiger partial charge in [-0.05, 0) is 53.4 Å². The number of hydrogen-bond donors (Lipinski definition) is 2. The first-order valence-electron chi connectivity index (χ1n) is 13.6. The fourth-order valence-electron chi connectivity index (χ4n) is 5.46. The molecule has 3 N–H and O–H groups in total. The smallest absolute Gasteiger partial charge is 0.0947 e. The van der Waals surface area contributed by atoms with Gasteiger partial charge in [-0.25, -0.2) is 9.97 Å². The fourth-order valence-corrected chi connectivity index (χ4v) is 5.46. The van der Waals surface area contributed by atoms with Gasteiger partial charge in [-0.2, -0.15) is 0 Å². The highest BCUT2D eigenvalue weighted by molar-refractivity contribution is 5.97. The molecule has 0 fully saturated rings. The van der Waals surface area contributed by atoms with Crippen molar-refractivity contribution >= 4 is 45.3 Å². The predicted molar refractivity (Wildman–Crippen MR) is 170 cm³/mol. The molecule has 3 heterocycles. The maximum Gasteiger partial charge on any atom is 0.0947 e. The first-order chi connectivity index (χ1) is 19.7. The Hall–Kier alpha value is -5.22. The first kappa shape index (κ1) is 23.9. The molecule has 0 aliphatic carbocycles. The number of fused-ring (bicyclic) bond motifs is 4. The highest BCUT2D eigenvalue weighted by atomic mass is 14.9. The Balaban J connectivity index is 1.27. The molecule has 1 aliphatic heterocycles. The van der Waals surface area contributed by atoms with Gasteiger partial charge in [0, 0.05) is 28.4 Å². The summed E-state index contributed by atoms with van der Waals surface area (Å²) in [6.07, 6.45) is 8.31. The quantitative estimate of drug-likeness (QED) is 0.230. The molecule has 0 atom stereocenters. The summed E-state index contributed by atoms with van der Waals surface area (Å²) in [7, 11) is 0. The van der Waals surface area contributed by atoms with E-state index in [2.05, 4.69) is 108 Å². The fraction of sp³-hybridized carbons (Fsp3) is 0.0556. The minimum atomic E-state index is 0.705. The summed E-state index contributed by atoms with van der Waals surface area (Å²) < 4.78 is 0. The zero-order valence-corrected chi connectivity index (χ0v) is 22.2. The van der Waals surface area contributed by atoms with E-state index in [0.717, 1.165) is 73.2 Å². The lowest BCUT2D eigenvalue weighted by Crippen LogP contribution is -2.05. The third kappa shape index (κ3) is 4.20. The second-order valence-electron chi connectivity index (χ2n) is 10.1. The molecular weight excluding hydrogens is 488 g/mol. The number of nitrogen functional groups attached to an aromatic ring is 1. The standard InChI is InChI=1S/C36H28N4/c1-2-6-23-12-13-25-16-18-31(39-34(25)33(23)37)29-9-3-7-27(21-29)28-8-4-10-30(22-28)32-19-17-26-15-14-24-11-5-20-38-35(24)36(26)40-32/h2-19,21-22,38H,20,37H2,1H3/b6-2-. The van der Waals surface area contributed by atoms with Gasteiger partial charge < -0.3 is 11.1 Å². The molecule has 4 heteroatoms. The number of hydrogen-bond acceptors (Lipinski definition) is 4. The monoisotopic (exact) mass is 516 g/mol. The molecule has 0 amide bonds. The van der Waals surface area contributed by atoms with E-state index < -0.39 is 0 Å². The van der Waals surface area contributed by atoms with E-state index in [-0.39, 0.29) is 0 Å². The molecule has 0 unspecified atom stereocenters. The molecule has 4 nitrogen and oxygen atoms in total. The summed E-state index contributed by atoms with van der Waals surface area (Å²) in [5.74, 6) is 0. The van der Waals surface area contributed by atoms with Crippen LogP contribution >= 0.6 is 0 Å². The average Bonchev–Trinajstić information content (AvgIpc) is 3.02. The van der Waals surface area contributed by atoms with Gasteiger partial charge in [-0.3, -0.25) is 0 Å². The molecule has 2 aromatic heterocycles. The molecule has 0 bridgehead atoms. The van der Waals surface area contributed by atoms with Crippen molar-refractivity contribution in [2.45, 2.75) is 6.92 Å². The number of nitrogens with zero attached hydrogens (tertiary/aromatic N) is 2. The molecule has 6 aromatic rings. The summed E-state index contributed by atoms with van der Waals surface area (Å²) in [5.41, 5.74) is 18.5. The number of nitrogens with one attached hydrogen (secondary N) is 1. The van der Waals surface area contributed by atoms with Crippen molar-refractivity contribution in [3.63, 3.8) is 0 Å². The van der Waals surface area contributed by atoms with E-state index >= 15 is 0 Å². The van der Waals surface area contributed by atoms with Gasteiger partial charge in [0.2, 0.25) is 0 Å². The minimum Gasteiger partial charge on any atom is -0.396 e. The zero-order valence-electron chi connectivity index (χ0n) is 22.2. The lowest BCUT2D eigenvalue weighted by atomic mass is 9.98. The van der Waals surface area contributed by atoms with Crippen molar-refractivity contribution in [2.75, 3.05) is 17.6 Å². The van der Waals surface area contributed by atoms with E-state index in [0.29, 0.717) is 5.69 Å². The van der Waals surface area contributed by atoms with Crippen LogP contribution in [0, 0.1) is 0 Å². The van der Waals surface area contributed by atoms with E-state index in [4.69, 9.17) is 15.7 Å². The molecular formula is C36H28N4. The Labute approximate surface area is 233 Å². The third-order valence-corrected chi connectivity index (χ3v) is 7.52. The molecule has 0 radical (unpaired) electrons. The van der Waals surface area contributed by atoms with Gasteiger partial charge in [-0.15, -0.1) is 0 Å². The topological polar surface area (TPSA) is 63.8 Å². The van der Waals surface area contributed by atoms with Crippen LogP contribution in [0.25, 0.3) is 67.6 Å². The van der Waals surface area contributed by atoms with Gasteiger partial charge in [0.15, 0.2) is 0 Å². The van der Waals surface area contributed by atoms with Crippen molar-refractivity contribution in [3.8, 4) is 33.6 Å². The molecule has 192 valence electrons. The van der Waals surface area contributed by atoms with Crippen molar-refractivity contribution in [2.24, 2.45) is 0 Å². The van der Waals surface area contributed by atoms with Gasteiger partial charge in [0.1, 0.15) is 0 Å². The Morgan fingerprint density at radius 3 is 2.00 bits per heavy atom. The van der Waals surface area contributed by atoms with Crippen LogP contribution in [-0.2, 0) is 0 Å². The SMILES string of the molecule is C/C=C\c1ccc2ccc(-c3cccc(-c4cccc(-c5ccc6ccc7c(c6n5)NCC=C7)c4)c3)nc2c1N. The highest BCUT2D eigenvalue weighted by Gasteiger charge is 2.12. The summed E-state index contributed by atoms with van der Waals surface area (Å²) in [5, 5.41) is 5.67. The molecule has 4 aromatic carbocycles. The van der Waals surface area contributed by atoms with Crippen LogP contribution in [0.2, 0.25) is 0 Å². The predicted octanol–water partition coefficient (Wildman–Crippen LogP) is 8.84. The number of nitrogens with two attached hydrogens (primary N) is 1. The second-order valence-corrected chi connectivity index (χ2v) is 10.1. The van der Waals surface area contributed by atoms with Gasteiger partial charge in [0.05, 0.1) is 33.8 Å². The Morgan fingerprint density at radius 2 is 1.30 bits per heavy atom. The zero-order chi connectivity index (χ0) is 27.1. The maximum atomic E-state index is 6.49. The number of benzene rings is 4. The van der Waals surface area contributed by atoms with Crippen molar-refractivity contribution in [1.82, 2.24) is 9.97 Å². The average molecular weight is 517 g/mol. The van der Waals surface area contributed by atoms with Crippen LogP contribution < -0.4 is 11.1 Å². The minimum absolute atomic E-state index is 0.705. The molecule has 0 saturated heterocycles. The Kier molecular flexibility index (Phi) is 5.86. The van der Waals surface area contributed by atoms with Crippen LogP contribution in [0.15, 0.2) is 109 Å². The number of allylic oxidation sites excluding steroid dienone is 1. The van der Waals surface area contributed by atoms with E-state index in [1.165, 1.54) is 5.56 Å². The lowest BCUT2D eigenvalue weighted by molar-refractivity contribution is 1.30. The first-order valence-corrected chi connectivity index (χ1v) is 13.6. The molecule has 7 rings (SSSR count). The normalized spacial score (nSPS) is 12.6. The number of aromatic nitrogens is 2. The van der Waals surface area contributed by atoms with Crippen molar-refractivity contribution in [3.05, 3.63) is 120 Å². The van der Waals surface area contributed by atoms with Crippen molar-refractivity contribution < 1.29 is 0 Å². The lowest BCUT2D eigenvalue weighted by Gasteiger charge is -2.16. The number of rotatable bonds is 4. The second kappa shape index (κ2) is 9.83. The van der Waals surface area contributed by atoms with Gasteiger partial charge in [-0.1, -0.05) is 97.1 Å². The number of anilines is 2. The largest absolute Gasteiger partial charge is 0.396 e. The highest BCUT2D eigenvalue weighted by Crippen LogP contribution is 2.34. The Morgan fingerprint density at radius 1 is 0.700 bits per heavy atom. The van der Waals surface area contributed by atoms with Crippen LogP contribution in [0.3, 0.4) is 0 Å². The van der Waals surface area contributed by atoms with E-state index in [9.17, 15) is 0 Å². The van der Waals surface area contributed by atoms with Gasteiger partial charge >= 0.3 is 0 Å². The molecule has 0 saturated carbocycles. The molecule has 0 spiro atoms. The van der Waals surface area contributed by atoms with E-state index in [1.54, 1.807) is 0 Å². The van der Waals surface area contributed by atoms with Crippen molar-refractivity contribution in [1.29, 1.82) is 0 Å². The van der Waals surface area contributed by atoms with E-state index in [1.807, 2.05) is 25.1 Å². The summed E-state index contributed by atoms with van der Waals surface area (Å²) in [4.78, 5) is 10.1. The third-order valence-electron chi connectivity index (χ3n) is 7.52. The van der Waals surface area contributed by atoms with Gasteiger partial charge in [0.25, 0.3) is 0 Å². The number of pyridine rings is 2. The summed E-state index contributed by atoms with van der Waals surface area (Å²) in [6, 6.07) is 33.9.